The standard InChI is InChI=1S/C17H18ClN3O3S/c1-10(15-19-8-5-9-20-15)25(22,23)14-11(18)6-7-12-13(14)24-16(21-12)17(2,3)4/h5-10H,1-4H3. The molecule has 0 radical (unpaired) electrons. The Kier molecular flexibility index (Phi) is 4.33. The second kappa shape index (κ2) is 6.07. The van der Waals surface area contributed by atoms with Gasteiger partial charge >= 0.3 is 0 Å². The van der Waals surface area contributed by atoms with Crippen LogP contribution in [0.15, 0.2) is 39.9 Å². The molecule has 0 saturated heterocycles. The summed E-state index contributed by atoms with van der Waals surface area (Å²) < 4.78 is 32.1. The van der Waals surface area contributed by atoms with E-state index in [-0.39, 0.29) is 26.7 Å². The minimum absolute atomic E-state index is 0.0744. The molecular formula is C17H18ClN3O3S. The molecule has 0 bridgehead atoms. The first-order valence-corrected chi connectivity index (χ1v) is 9.65. The van der Waals surface area contributed by atoms with Crippen LogP contribution in [0.3, 0.4) is 0 Å². The lowest BCUT2D eigenvalue weighted by atomic mass is 9.97. The topological polar surface area (TPSA) is 86.0 Å². The molecule has 0 aliphatic rings. The highest BCUT2D eigenvalue weighted by Gasteiger charge is 2.33. The molecule has 0 saturated carbocycles. The van der Waals surface area contributed by atoms with Gasteiger partial charge in [-0.05, 0) is 25.1 Å². The third kappa shape index (κ3) is 3.14. The lowest BCUT2D eigenvalue weighted by Gasteiger charge is -2.13. The smallest absolute Gasteiger partial charge is 0.200 e. The summed E-state index contributed by atoms with van der Waals surface area (Å²) in [6, 6.07) is 4.80. The van der Waals surface area contributed by atoms with Crippen molar-refractivity contribution in [2.75, 3.05) is 0 Å². The van der Waals surface area contributed by atoms with E-state index in [2.05, 4.69) is 15.0 Å². The summed E-state index contributed by atoms with van der Waals surface area (Å²) in [5, 5.41) is -0.883. The molecule has 25 heavy (non-hydrogen) atoms. The molecule has 0 aliphatic heterocycles. The predicted molar refractivity (Wildman–Crippen MR) is 95.4 cm³/mol. The first kappa shape index (κ1) is 17.8. The van der Waals surface area contributed by atoms with E-state index >= 15 is 0 Å². The molecule has 6 nitrogen and oxygen atoms in total. The number of aromatic nitrogens is 3. The van der Waals surface area contributed by atoms with Gasteiger partial charge in [0.15, 0.2) is 15.4 Å². The van der Waals surface area contributed by atoms with Gasteiger partial charge in [-0.3, -0.25) is 0 Å². The van der Waals surface area contributed by atoms with Crippen LogP contribution in [0, 0.1) is 0 Å². The maximum absolute atomic E-state index is 13.2. The molecule has 0 aliphatic carbocycles. The minimum Gasteiger partial charge on any atom is -0.439 e. The van der Waals surface area contributed by atoms with Gasteiger partial charge in [0.2, 0.25) is 5.89 Å². The fourth-order valence-corrected chi connectivity index (χ4v) is 4.33. The number of nitrogens with zero attached hydrogens (tertiary/aromatic N) is 3. The molecule has 0 amide bonds. The van der Waals surface area contributed by atoms with Gasteiger partial charge < -0.3 is 4.42 Å². The summed E-state index contributed by atoms with van der Waals surface area (Å²) in [5.74, 6) is 0.649. The number of halogens is 1. The molecule has 0 fully saturated rings. The number of hydrogen-bond acceptors (Lipinski definition) is 6. The van der Waals surface area contributed by atoms with E-state index < -0.39 is 15.1 Å². The Morgan fingerprint density at radius 1 is 1.16 bits per heavy atom. The van der Waals surface area contributed by atoms with Gasteiger partial charge in [0.05, 0.1) is 5.02 Å². The summed E-state index contributed by atoms with van der Waals surface area (Å²) in [5.41, 5.74) is 0.259. The third-order valence-corrected chi connectivity index (χ3v) is 6.35. The number of fused-ring (bicyclic) bond motifs is 1. The van der Waals surface area contributed by atoms with E-state index in [1.807, 2.05) is 20.8 Å². The largest absolute Gasteiger partial charge is 0.439 e. The molecule has 3 aromatic rings. The van der Waals surface area contributed by atoms with Crippen LogP contribution in [0.5, 0.6) is 0 Å². The second-order valence-electron chi connectivity index (χ2n) is 6.79. The molecule has 1 aromatic carbocycles. The van der Waals surface area contributed by atoms with Crippen molar-refractivity contribution in [3.05, 3.63) is 47.3 Å². The fraction of sp³-hybridized carbons (Fsp3) is 0.353. The number of rotatable bonds is 3. The highest BCUT2D eigenvalue weighted by molar-refractivity contribution is 7.92. The average Bonchev–Trinajstić information content (AvgIpc) is 2.98. The maximum Gasteiger partial charge on any atom is 0.200 e. The van der Waals surface area contributed by atoms with Crippen molar-refractivity contribution in [2.24, 2.45) is 0 Å². The highest BCUT2D eigenvalue weighted by atomic mass is 35.5. The Morgan fingerprint density at radius 2 is 1.80 bits per heavy atom. The summed E-state index contributed by atoms with van der Waals surface area (Å²) in [7, 11) is -3.87. The molecule has 1 unspecified atom stereocenters. The van der Waals surface area contributed by atoms with E-state index in [4.69, 9.17) is 16.0 Å². The first-order valence-electron chi connectivity index (χ1n) is 7.72. The van der Waals surface area contributed by atoms with E-state index in [9.17, 15) is 8.42 Å². The molecule has 132 valence electrons. The number of hydrogen-bond donors (Lipinski definition) is 0. The van der Waals surface area contributed by atoms with Crippen molar-refractivity contribution in [1.82, 2.24) is 15.0 Å². The predicted octanol–water partition coefficient (Wildman–Crippen LogP) is 4.10. The second-order valence-corrected chi connectivity index (χ2v) is 9.40. The summed E-state index contributed by atoms with van der Waals surface area (Å²) in [4.78, 5) is 12.4. The van der Waals surface area contributed by atoms with Crippen molar-refractivity contribution in [1.29, 1.82) is 0 Å². The van der Waals surface area contributed by atoms with Crippen molar-refractivity contribution in [3.8, 4) is 0 Å². The van der Waals surface area contributed by atoms with Crippen molar-refractivity contribution < 1.29 is 12.8 Å². The highest BCUT2D eigenvalue weighted by Crippen LogP contribution is 2.38. The van der Waals surface area contributed by atoms with Crippen LogP contribution >= 0.6 is 11.6 Å². The van der Waals surface area contributed by atoms with Crippen LogP contribution in [-0.4, -0.2) is 23.4 Å². The van der Waals surface area contributed by atoms with Gasteiger partial charge in [-0.15, -0.1) is 0 Å². The van der Waals surface area contributed by atoms with E-state index in [1.165, 1.54) is 25.4 Å². The van der Waals surface area contributed by atoms with Gasteiger partial charge in [0.1, 0.15) is 21.5 Å². The van der Waals surface area contributed by atoms with Gasteiger partial charge in [0.25, 0.3) is 0 Å². The van der Waals surface area contributed by atoms with Gasteiger partial charge in [0, 0.05) is 17.8 Å². The number of sulfone groups is 1. The molecule has 2 heterocycles. The maximum atomic E-state index is 13.2. The van der Waals surface area contributed by atoms with Crippen molar-refractivity contribution in [3.63, 3.8) is 0 Å². The number of benzene rings is 1. The zero-order valence-electron chi connectivity index (χ0n) is 14.3. The molecule has 0 N–H and O–H groups in total. The Hall–Kier alpha value is -1.99. The van der Waals surface area contributed by atoms with Crippen LogP contribution in [0.1, 0.15) is 44.7 Å². The zero-order valence-corrected chi connectivity index (χ0v) is 15.9. The van der Waals surface area contributed by atoms with Gasteiger partial charge in [-0.25, -0.2) is 23.4 Å². The molecule has 8 heteroatoms. The van der Waals surface area contributed by atoms with Gasteiger partial charge in [-0.2, -0.15) is 0 Å². The molecule has 1 atom stereocenters. The van der Waals surface area contributed by atoms with E-state index in [1.54, 1.807) is 12.1 Å². The first-order chi connectivity index (χ1) is 11.6. The SMILES string of the molecule is CC(c1ncccn1)S(=O)(=O)c1c(Cl)ccc2nc(C(C)(C)C)oc12. The van der Waals surface area contributed by atoms with Crippen LogP contribution in [0.4, 0.5) is 0 Å². The summed E-state index contributed by atoms with van der Waals surface area (Å²) in [6.07, 6.45) is 3.01. The van der Waals surface area contributed by atoms with Crippen molar-refractivity contribution in [2.45, 2.75) is 43.3 Å². The van der Waals surface area contributed by atoms with Crippen LogP contribution in [-0.2, 0) is 15.3 Å². The Labute approximate surface area is 151 Å². The monoisotopic (exact) mass is 379 g/mol. The normalized spacial score (nSPS) is 14.0. The van der Waals surface area contributed by atoms with Gasteiger partial charge in [-0.1, -0.05) is 32.4 Å². The molecule has 2 aromatic heterocycles. The van der Waals surface area contributed by atoms with Crippen molar-refractivity contribution >= 4 is 32.5 Å². The quantitative estimate of drug-likeness (QED) is 0.680. The lowest BCUT2D eigenvalue weighted by Crippen LogP contribution is -2.14. The van der Waals surface area contributed by atoms with Crippen LogP contribution in [0.2, 0.25) is 5.02 Å². The Bertz CT molecular complexity index is 1020. The molecule has 3 rings (SSSR count). The summed E-state index contributed by atoms with van der Waals surface area (Å²) >= 11 is 6.24. The Morgan fingerprint density at radius 3 is 2.40 bits per heavy atom. The lowest BCUT2D eigenvalue weighted by molar-refractivity contribution is 0.408. The summed E-state index contributed by atoms with van der Waals surface area (Å²) in [6.45, 7) is 7.34. The van der Waals surface area contributed by atoms with Crippen LogP contribution < -0.4 is 0 Å². The number of oxazole rings is 1. The Balaban J connectivity index is 2.23. The van der Waals surface area contributed by atoms with Crippen LogP contribution in [0.25, 0.3) is 11.1 Å². The zero-order chi connectivity index (χ0) is 18.4. The third-order valence-electron chi connectivity index (χ3n) is 3.80. The van der Waals surface area contributed by atoms with E-state index in [0.29, 0.717) is 11.4 Å². The fourth-order valence-electron chi connectivity index (χ4n) is 2.37. The average molecular weight is 380 g/mol. The molecular weight excluding hydrogens is 362 g/mol. The molecule has 0 spiro atoms. The minimum atomic E-state index is -3.87. The van der Waals surface area contributed by atoms with E-state index in [0.717, 1.165) is 0 Å².